The van der Waals surface area contributed by atoms with Crippen molar-refractivity contribution in [3.05, 3.63) is 71.3 Å². The van der Waals surface area contributed by atoms with Crippen LogP contribution in [0.2, 0.25) is 0 Å². The molecule has 92 valence electrons. The minimum atomic E-state index is -0.545. The van der Waals surface area contributed by atoms with Crippen LogP contribution in [-0.4, -0.2) is 6.29 Å². The van der Waals surface area contributed by atoms with Gasteiger partial charge in [-0.3, -0.25) is 0 Å². The first-order chi connectivity index (χ1) is 8.70. The summed E-state index contributed by atoms with van der Waals surface area (Å²) in [7, 11) is 0. The van der Waals surface area contributed by atoms with Gasteiger partial charge in [0.25, 0.3) is 0 Å². The summed E-state index contributed by atoms with van der Waals surface area (Å²) in [5.41, 5.74) is 1.17. The zero-order valence-electron chi connectivity index (χ0n) is 9.64. The van der Waals surface area contributed by atoms with Crippen LogP contribution in [0.25, 0.3) is 0 Å². The number of carbonyl (C=O) groups is 1. The maximum atomic E-state index is 13.6. The van der Waals surface area contributed by atoms with E-state index in [9.17, 15) is 13.6 Å². The number of hydrogen-bond donors (Lipinski definition) is 0. The Balaban J connectivity index is 2.22. The number of carbonyl (C=O) groups excluding carboxylic acids is 1. The van der Waals surface area contributed by atoms with Crippen LogP contribution in [0.4, 0.5) is 8.78 Å². The molecule has 0 aliphatic rings. The van der Waals surface area contributed by atoms with Gasteiger partial charge in [-0.2, -0.15) is 0 Å². The van der Waals surface area contributed by atoms with E-state index in [4.69, 9.17) is 0 Å². The third-order valence-electron chi connectivity index (χ3n) is 2.84. The first kappa shape index (κ1) is 12.4. The van der Waals surface area contributed by atoms with Crippen LogP contribution in [0.1, 0.15) is 17.0 Å². The molecule has 1 unspecified atom stereocenters. The maximum Gasteiger partial charge on any atom is 0.127 e. The molecule has 18 heavy (non-hydrogen) atoms. The van der Waals surface area contributed by atoms with Gasteiger partial charge >= 0.3 is 0 Å². The zero-order chi connectivity index (χ0) is 13.0. The van der Waals surface area contributed by atoms with Crippen LogP contribution in [0.3, 0.4) is 0 Å². The quantitative estimate of drug-likeness (QED) is 0.755. The molecular weight excluding hydrogens is 234 g/mol. The molecule has 1 nitrogen and oxygen atoms in total. The molecule has 0 spiro atoms. The van der Waals surface area contributed by atoms with Gasteiger partial charge in [-0.05, 0) is 35.7 Å². The summed E-state index contributed by atoms with van der Waals surface area (Å²) in [5, 5.41) is 0. The summed E-state index contributed by atoms with van der Waals surface area (Å²) < 4.78 is 26.3. The van der Waals surface area contributed by atoms with Gasteiger partial charge in [-0.25, -0.2) is 8.78 Å². The van der Waals surface area contributed by atoms with E-state index >= 15 is 0 Å². The summed E-state index contributed by atoms with van der Waals surface area (Å²) in [4.78, 5) is 11.1. The van der Waals surface area contributed by atoms with Crippen molar-refractivity contribution in [2.24, 2.45) is 0 Å². The van der Waals surface area contributed by atoms with Crippen LogP contribution in [0, 0.1) is 11.6 Å². The SMILES string of the molecule is O=CC(Cc1ccc(F)cc1)c1ccccc1F. The Morgan fingerprint density at radius 2 is 1.67 bits per heavy atom. The van der Waals surface area contributed by atoms with Crippen LogP contribution in [0.5, 0.6) is 0 Å². The highest BCUT2D eigenvalue weighted by Crippen LogP contribution is 2.21. The Morgan fingerprint density at radius 3 is 2.28 bits per heavy atom. The van der Waals surface area contributed by atoms with Gasteiger partial charge in [-0.15, -0.1) is 0 Å². The molecule has 2 rings (SSSR count). The fourth-order valence-electron chi connectivity index (χ4n) is 1.88. The predicted octanol–water partition coefficient (Wildman–Crippen LogP) is 3.49. The van der Waals surface area contributed by atoms with E-state index < -0.39 is 11.7 Å². The first-order valence-electron chi connectivity index (χ1n) is 5.65. The molecule has 1 atom stereocenters. The van der Waals surface area contributed by atoms with Gasteiger partial charge in [-0.1, -0.05) is 30.3 Å². The lowest BCUT2D eigenvalue weighted by Crippen LogP contribution is -2.06. The normalized spacial score (nSPS) is 12.1. The van der Waals surface area contributed by atoms with Crippen molar-refractivity contribution in [2.45, 2.75) is 12.3 Å². The second-order valence-electron chi connectivity index (χ2n) is 4.09. The Kier molecular flexibility index (Phi) is 3.82. The Morgan fingerprint density at radius 1 is 1.00 bits per heavy atom. The van der Waals surface area contributed by atoms with E-state index in [0.29, 0.717) is 12.0 Å². The molecule has 0 bridgehead atoms. The Bertz CT molecular complexity index is 534. The minimum Gasteiger partial charge on any atom is -0.303 e. The van der Waals surface area contributed by atoms with Gasteiger partial charge in [0.15, 0.2) is 0 Å². The summed E-state index contributed by atoms with van der Waals surface area (Å²) in [6.45, 7) is 0. The molecule has 0 aromatic heterocycles. The van der Waals surface area contributed by atoms with Crippen molar-refractivity contribution in [1.82, 2.24) is 0 Å². The van der Waals surface area contributed by atoms with E-state index in [2.05, 4.69) is 0 Å². The lowest BCUT2D eigenvalue weighted by atomic mass is 9.93. The molecule has 2 aromatic rings. The number of aldehydes is 1. The summed E-state index contributed by atoms with van der Waals surface area (Å²) >= 11 is 0. The standard InChI is InChI=1S/C15H12F2O/c16-13-7-5-11(6-8-13)9-12(10-18)14-3-1-2-4-15(14)17/h1-8,10,12H,9H2. The van der Waals surface area contributed by atoms with Gasteiger partial charge in [0.1, 0.15) is 17.9 Å². The van der Waals surface area contributed by atoms with Gasteiger partial charge in [0, 0.05) is 5.92 Å². The second-order valence-corrected chi connectivity index (χ2v) is 4.09. The van der Waals surface area contributed by atoms with Crippen molar-refractivity contribution in [3.8, 4) is 0 Å². The number of halogens is 2. The fraction of sp³-hybridized carbons (Fsp3) is 0.133. The monoisotopic (exact) mass is 246 g/mol. The highest BCUT2D eigenvalue weighted by Gasteiger charge is 2.15. The van der Waals surface area contributed by atoms with Gasteiger partial charge in [0.2, 0.25) is 0 Å². The third kappa shape index (κ3) is 2.80. The van der Waals surface area contributed by atoms with Crippen LogP contribution >= 0.6 is 0 Å². The van der Waals surface area contributed by atoms with E-state index in [1.165, 1.54) is 18.2 Å². The van der Waals surface area contributed by atoms with Crippen LogP contribution in [0.15, 0.2) is 48.5 Å². The van der Waals surface area contributed by atoms with Crippen molar-refractivity contribution >= 4 is 6.29 Å². The Labute approximate surface area is 104 Å². The van der Waals surface area contributed by atoms with Crippen molar-refractivity contribution in [2.75, 3.05) is 0 Å². The predicted molar refractivity (Wildman–Crippen MR) is 65.3 cm³/mol. The van der Waals surface area contributed by atoms with Gasteiger partial charge in [0.05, 0.1) is 0 Å². The van der Waals surface area contributed by atoms with E-state index in [-0.39, 0.29) is 5.82 Å². The highest BCUT2D eigenvalue weighted by molar-refractivity contribution is 5.63. The largest absolute Gasteiger partial charge is 0.303 e. The molecular formula is C15H12F2O. The molecule has 0 fully saturated rings. The van der Waals surface area contributed by atoms with Crippen molar-refractivity contribution in [3.63, 3.8) is 0 Å². The summed E-state index contributed by atoms with van der Waals surface area (Å²) in [6, 6.07) is 12.1. The molecule has 0 saturated heterocycles. The zero-order valence-corrected chi connectivity index (χ0v) is 9.64. The number of benzene rings is 2. The molecule has 0 heterocycles. The molecule has 0 amide bonds. The molecule has 0 aliphatic carbocycles. The maximum absolute atomic E-state index is 13.6. The molecule has 0 saturated carbocycles. The van der Waals surface area contributed by atoms with Crippen LogP contribution < -0.4 is 0 Å². The topological polar surface area (TPSA) is 17.1 Å². The van der Waals surface area contributed by atoms with Gasteiger partial charge < -0.3 is 4.79 Å². The number of hydrogen-bond acceptors (Lipinski definition) is 1. The molecule has 0 N–H and O–H groups in total. The lowest BCUT2D eigenvalue weighted by Gasteiger charge is -2.11. The first-order valence-corrected chi connectivity index (χ1v) is 5.65. The molecule has 0 radical (unpaired) electrons. The van der Waals surface area contributed by atoms with E-state index in [1.54, 1.807) is 30.3 Å². The summed E-state index contributed by atoms with van der Waals surface area (Å²) in [6.07, 6.45) is 1.09. The smallest absolute Gasteiger partial charge is 0.127 e. The second kappa shape index (κ2) is 5.54. The molecule has 3 heteroatoms. The highest BCUT2D eigenvalue weighted by atomic mass is 19.1. The molecule has 0 aliphatic heterocycles. The average Bonchev–Trinajstić information content (AvgIpc) is 2.39. The van der Waals surface area contributed by atoms with Crippen molar-refractivity contribution < 1.29 is 13.6 Å². The minimum absolute atomic E-state index is 0.327. The van der Waals surface area contributed by atoms with Crippen molar-refractivity contribution in [1.29, 1.82) is 0 Å². The van der Waals surface area contributed by atoms with Crippen LogP contribution in [-0.2, 0) is 11.2 Å². The third-order valence-corrected chi connectivity index (χ3v) is 2.84. The Hall–Kier alpha value is -2.03. The van der Waals surface area contributed by atoms with E-state index in [0.717, 1.165) is 11.8 Å². The average molecular weight is 246 g/mol. The van der Waals surface area contributed by atoms with E-state index in [1.807, 2.05) is 0 Å². The lowest BCUT2D eigenvalue weighted by molar-refractivity contribution is -0.109. The molecule has 2 aromatic carbocycles. The summed E-state index contributed by atoms with van der Waals surface area (Å²) in [5.74, 6) is -1.26. The fourth-order valence-corrected chi connectivity index (χ4v) is 1.88. The number of rotatable bonds is 4.